The highest BCUT2D eigenvalue weighted by Gasteiger charge is 2.33. The van der Waals surface area contributed by atoms with Gasteiger partial charge in [0.25, 0.3) is 0 Å². The normalized spacial score (nSPS) is 13.2. The van der Waals surface area contributed by atoms with Gasteiger partial charge in [0.1, 0.15) is 22.8 Å². The fourth-order valence-corrected chi connectivity index (χ4v) is 3.72. The van der Waals surface area contributed by atoms with Gasteiger partial charge in [0.15, 0.2) is 0 Å². The molecule has 0 radical (unpaired) electrons. The number of fused-ring (bicyclic) bond motifs is 1. The molecule has 2 N–H and O–H groups in total. The topological polar surface area (TPSA) is 98.4 Å². The Morgan fingerprint density at radius 2 is 1.71 bits per heavy atom. The van der Waals surface area contributed by atoms with Crippen molar-refractivity contribution in [2.75, 3.05) is 13.2 Å². The zero-order chi connectivity index (χ0) is 27.9. The first-order valence-electron chi connectivity index (χ1n) is 12.1. The standard InChI is InChI=1S/C28H31F3O7/c1-17(2)27(34)36-13-5-7-23(33)22(32)6-4-12-35-20-10-11-21(26(16-20)38-28(29,30)31)25-15-19-9-8-18(3)14-24(19)37-25/h8-11,14-16,22-23,32-33H,1,4-7,12-13H2,2-3H3. The molecule has 7 nitrogen and oxygen atoms in total. The number of esters is 1. The summed E-state index contributed by atoms with van der Waals surface area (Å²) in [6.45, 7) is 7.08. The number of alkyl halides is 3. The molecular weight excluding hydrogens is 505 g/mol. The largest absolute Gasteiger partial charge is 0.573 e. The molecule has 0 aliphatic heterocycles. The van der Waals surface area contributed by atoms with Crippen molar-refractivity contribution in [3.8, 4) is 22.8 Å². The number of hydrogen-bond acceptors (Lipinski definition) is 7. The van der Waals surface area contributed by atoms with Crippen molar-refractivity contribution in [2.45, 2.75) is 58.1 Å². The second kappa shape index (κ2) is 12.8. The molecule has 0 aliphatic rings. The van der Waals surface area contributed by atoms with Gasteiger partial charge in [-0.25, -0.2) is 4.79 Å². The van der Waals surface area contributed by atoms with Crippen LogP contribution in [0.4, 0.5) is 13.2 Å². The number of ether oxygens (including phenoxy) is 3. The Balaban J connectivity index is 1.55. The van der Waals surface area contributed by atoms with E-state index in [1.165, 1.54) is 19.1 Å². The van der Waals surface area contributed by atoms with Gasteiger partial charge in [-0.15, -0.1) is 13.2 Å². The SMILES string of the molecule is C=C(C)C(=O)OCCCC(O)C(O)CCCOc1ccc(-c2cc3ccc(C)cc3o2)c(OC(F)(F)F)c1. The Labute approximate surface area is 218 Å². The second-order valence-corrected chi connectivity index (χ2v) is 9.04. The molecule has 1 aromatic heterocycles. The van der Waals surface area contributed by atoms with E-state index in [2.05, 4.69) is 11.3 Å². The predicted octanol–water partition coefficient (Wildman–Crippen LogP) is 6.09. The number of furan rings is 1. The minimum Gasteiger partial charge on any atom is -0.493 e. The number of halogens is 3. The fourth-order valence-electron chi connectivity index (χ4n) is 3.72. The van der Waals surface area contributed by atoms with Gasteiger partial charge in [0.05, 0.1) is 31.0 Å². The van der Waals surface area contributed by atoms with Gasteiger partial charge in [0.2, 0.25) is 0 Å². The first-order chi connectivity index (χ1) is 17.9. The maximum absolute atomic E-state index is 13.1. The van der Waals surface area contributed by atoms with Gasteiger partial charge >= 0.3 is 12.3 Å². The van der Waals surface area contributed by atoms with Crippen LogP contribution in [0, 0.1) is 6.92 Å². The van der Waals surface area contributed by atoms with Crippen LogP contribution >= 0.6 is 0 Å². The Hall–Kier alpha value is -3.50. The van der Waals surface area contributed by atoms with Crippen LogP contribution in [0.2, 0.25) is 0 Å². The third kappa shape index (κ3) is 8.53. The van der Waals surface area contributed by atoms with Crippen molar-refractivity contribution in [1.82, 2.24) is 0 Å². The Morgan fingerprint density at radius 1 is 1.03 bits per heavy atom. The minimum atomic E-state index is -4.92. The van der Waals surface area contributed by atoms with Crippen molar-refractivity contribution in [3.63, 3.8) is 0 Å². The lowest BCUT2D eigenvalue weighted by Gasteiger charge is -2.18. The highest BCUT2D eigenvalue weighted by atomic mass is 19.4. The van der Waals surface area contributed by atoms with E-state index in [1.807, 2.05) is 19.1 Å². The van der Waals surface area contributed by atoms with Crippen molar-refractivity contribution in [1.29, 1.82) is 0 Å². The number of benzene rings is 2. The summed E-state index contributed by atoms with van der Waals surface area (Å²) >= 11 is 0. The molecule has 0 spiro atoms. The molecule has 0 bridgehead atoms. The van der Waals surface area contributed by atoms with Crippen molar-refractivity contribution in [2.24, 2.45) is 0 Å². The van der Waals surface area contributed by atoms with E-state index < -0.39 is 30.3 Å². The monoisotopic (exact) mass is 536 g/mol. The summed E-state index contributed by atoms with van der Waals surface area (Å²) in [6, 6.07) is 11.2. The van der Waals surface area contributed by atoms with E-state index >= 15 is 0 Å². The molecule has 1 heterocycles. The van der Waals surface area contributed by atoms with E-state index in [0.717, 1.165) is 17.0 Å². The van der Waals surface area contributed by atoms with E-state index in [9.17, 15) is 28.2 Å². The average Bonchev–Trinajstić information content (AvgIpc) is 3.25. The lowest BCUT2D eigenvalue weighted by atomic mass is 10.0. The lowest BCUT2D eigenvalue weighted by molar-refractivity contribution is -0.274. The fraction of sp³-hybridized carbons (Fsp3) is 0.393. The molecule has 0 fully saturated rings. The molecule has 3 rings (SSSR count). The first-order valence-corrected chi connectivity index (χ1v) is 12.1. The Morgan fingerprint density at radius 3 is 2.37 bits per heavy atom. The predicted molar refractivity (Wildman–Crippen MR) is 135 cm³/mol. The summed E-state index contributed by atoms with van der Waals surface area (Å²) in [5.41, 5.74) is 1.90. The summed E-state index contributed by atoms with van der Waals surface area (Å²) in [5.74, 6) is -0.604. The van der Waals surface area contributed by atoms with Crippen molar-refractivity contribution in [3.05, 3.63) is 60.2 Å². The molecular formula is C28H31F3O7. The van der Waals surface area contributed by atoms with Gasteiger partial charge < -0.3 is 28.8 Å². The van der Waals surface area contributed by atoms with E-state index in [1.54, 1.807) is 12.1 Å². The van der Waals surface area contributed by atoms with Gasteiger partial charge in [0, 0.05) is 17.0 Å². The van der Waals surface area contributed by atoms with Gasteiger partial charge in [-0.2, -0.15) is 0 Å². The van der Waals surface area contributed by atoms with Crippen LogP contribution in [0.25, 0.3) is 22.3 Å². The number of carbonyl (C=O) groups is 1. The molecule has 3 aromatic rings. The van der Waals surface area contributed by atoms with Crippen molar-refractivity contribution >= 4 is 16.9 Å². The van der Waals surface area contributed by atoms with E-state index in [4.69, 9.17) is 13.9 Å². The molecule has 10 heteroatoms. The third-order valence-electron chi connectivity index (χ3n) is 5.70. The number of aliphatic hydroxyl groups is 2. The number of rotatable bonds is 13. The minimum absolute atomic E-state index is 0.0920. The molecule has 2 atom stereocenters. The quantitative estimate of drug-likeness (QED) is 0.155. The summed E-state index contributed by atoms with van der Waals surface area (Å²) in [6.07, 6.45) is -5.83. The van der Waals surface area contributed by atoms with E-state index in [0.29, 0.717) is 18.4 Å². The van der Waals surface area contributed by atoms with Gasteiger partial charge in [-0.3, -0.25) is 0 Å². The molecule has 38 heavy (non-hydrogen) atoms. The maximum atomic E-state index is 13.1. The molecule has 0 saturated heterocycles. The average molecular weight is 537 g/mol. The van der Waals surface area contributed by atoms with Crippen molar-refractivity contribution < 1.29 is 46.8 Å². The first kappa shape index (κ1) is 29.1. The molecule has 0 aliphatic carbocycles. The molecule has 0 saturated carbocycles. The maximum Gasteiger partial charge on any atom is 0.573 e. The van der Waals surface area contributed by atoms with Crippen LogP contribution in [-0.4, -0.2) is 48.0 Å². The molecule has 0 amide bonds. The van der Waals surface area contributed by atoms with Gasteiger partial charge in [-0.05, 0) is 69.4 Å². The number of hydrogen-bond donors (Lipinski definition) is 2. The van der Waals surface area contributed by atoms with E-state index in [-0.39, 0.29) is 48.7 Å². The highest BCUT2D eigenvalue weighted by molar-refractivity contribution is 5.87. The number of carbonyl (C=O) groups excluding carboxylic acids is 1. The lowest BCUT2D eigenvalue weighted by Crippen LogP contribution is -2.26. The Bertz CT molecular complexity index is 1250. The van der Waals surface area contributed by atoms with Crippen LogP contribution in [0.3, 0.4) is 0 Å². The molecule has 2 unspecified atom stereocenters. The second-order valence-electron chi connectivity index (χ2n) is 9.04. The summed E-state index contributed by atoms with van der Waals surface area (Å²) < 4.78 is 59.9. The zero-order valence-electron chi connectivity index (χ0n) is 21.2. The van der Waals surface area contributed by atoms with Crippen LogP contribution in [0.5, 0.6) is 11.5 Å². The van der Waals surface area contributed by atoms with Crippen LogP contribution in [0.15, 0.2) is 59.0 Å². The third-order valence-corrected chi connectivity index (χ3v) is 5.70. The smallest absolute Gasteiger partial charge is 0.493 e. The zero-order valence-corrected chi connectivity index (χ0v) is 21.2. The van der Waals surface area contributed by atoms with Crippen LogP contribution in [0.1, 0.15) is 38.2 Å². The summed E-state index contributed by atoms with van der Waals surface area (Å²) in [4.78, 5) is 11.3. The van der Waals surface area contributed by atoms with Crippen LogP contribution < -0.4 is 9.47 Å². The number of aliphatic hydroxyl groups excluding tert-OH is 2. The summed E-state index contributed by atoms with van der Waals surface area (Å²) in [5, 5.41) is 21.0. The number of aryl methyl sites for hydroxylation is 1. The van der Waals surface area contributed by atoms with Gasteiger partial charge in [-0.1, -0.05) is 18.7 Å². The Kier molecular flexibility index (Phi) is 9.82. The molecule has 2 aromatic carbocycles. The van der Waals surface area contributed by atoms with Crippen LogP contribution in [-0.2, 0) is 9.53 Å². The highest BCUT2D eigenvalue weighted by Crippen LogP contribution is 2.39. The summed E-state index contributed by atoms with van der Waals surface area (Å²) in [7, 11) is 0. The molecule has 206 valence electrons.